The van der Waals surface area contributed by atoms with Gasteiger partial charge >= 0.3 is 0 Å². The van der Waals surface area contributed by atoms with Crippen LogP contribution in [0.5, 0.6) is 5.75 Å². The number of hydrogen-bond donors (Lipinski definition) is 1. The number of likely N-dealkylation sites (N-methyl/N-ethyl adjacent to an activating group) is 1. The first-order chi connectivity index (χ1) is 11.5. The molecule has 1 aliphatic rings. The summed E-state index contributed by atoms with van der Waals surface area (Å²) in [6.45, 7) is -0.0289. The van der Waals surface area contributed by atoms with Gasteiger partial charge in [0.1, 0.15) is 0 Å². The Kier molecular flexibility index (Phi) is 4.71. The van der Waals surface area contributed by atoms with Crippen molar-refractivity contribution in [1.82, 2.24) is 0 Å². The van der Waals surface area contributed by atoms with Crippen molar-refractivity contribution < 1.29 is 14.3 Å². The van der Waals surface area contributed by atoms with Gasteiger partial charge in [-0.1, -0.05) is 29.8 Å². The highest BCUT2D eigenvalue weighted by Crippen LogP contribution is 2.38. The van der Waals surface area contributed by atoms with E-state index in [1.807, 2.05) is 18.2 Å². The zero-order valence-electron chi connectivity index (χ0n) is 13.2. The number of amides is 2. The zero-order valence-corrected chi connectivity index (χ0v) is 14.0. The molecule has 0 saturated heterocycles. The van der Waals surface area contributed by atoms with Gasteiger partial charge in [-0.05, 0) is 36.2 Å². The second kappa shape index (κ2) is 6.93. The summed E-state index contributed by atoms with van der Waals surface area (Å²) < 4.78 is 5.49. The highest BCUT2D eigenvalue weighted by atomic mass is 35.5. The van der Waals surface area contributed by atoms with Crippen LogP contribution in [0.2, 0.25) is 5.02 Å². The van der Waals surface area contributed by atoms with Gasteiger partial charge in [-0.2, -0.15) is 0 Å². The molecule has 0 unspecified atom stereocenters. The Balaban J connectivity index is 1.68. The van der Waals surface area contributed by atoms with Crippen molar-refractivity contribution in [3.05, 3.63) is 53.1 Å². The summed E-state index contributed by atoms with van der Waals surface area (Å²) in [5, 5.41) is 3.51. The maximum absolute atomic E-state index is 12.2. The van der Waals surface area contributed by atoms with E-state index >= 15 is 0 Å². The van der Waals surface area contributed by atoms with Crippen molar-refractivity contribution in [2.45, 2.75) is 12.8 Å². The maximum Gasteiger partial charge on any atom is 0.264 e. The number of benzene rings is 2. The molecule has 1 aliphatic heterocycles. The molecule has 5 nitrogen and oxygen atoms in total. The summed E-state index contributed by atoms with van der Waals surface area (Å²) >= 11 is 5.95. The van der Waals surface area contributed by atoms with Gasteiger partial charge in [0.05, 0.1) is 11.4 Å². The molecule has 1 heterocycles. The van der Waals surface area contributed by atoms with E-state index in [4.69, 9.17) is 16.3 Å². The molecule has 0 aliphatic carbocycles. The van der Waals surface area contributed by atoms with E-state index in [1.54, 1.807) is 31.3 Å². The van der Waals surface area contributed by atoms with E-state index in [1.165, 1.54) is 4.90 Å². The topological polar surface area (TPSA) is 58.6 Å². The molecular weight excluding hydrogens is 328 g/mol. The van der Waals surface area contributed by atoms with Crippen molar-refractivity contribution in [3.63, 3.8) is 0 Å². The molecule has 0 bridgehead atoms. The number of anilines is 2. The van der Waals surface area contributed by atoms with Crippen LogP contribution in [0.1, 0.15) is 12.0 Å². The first kappa shape index (κ1) is 16.3. The lowest BCUT2D eigenvalue weighted by molar-refractivity contribution is -0.121. The van der Waals surface area contributed by atoms with Crippen LogP contribution < -0.4 is 15.0 Å². The van der Waals surface area contributed by atoms with Crippen molar-refractivity contribution >= 4 is 34.8 Å². The number of carbonyl (C=O) groups excluding carboxylic acids is 2. The van der Waals surface area contributed by atoms with Crippen LogP contribution in [0.4, 0.5) is 11.4 Å². The third-order valence-corrected chi connectivity index (χ3v) is 4.11. The molecular formula is C18H17ClN2O3. The fourth-order valence-electron chi connectivity index (χ4n) is 2.57. The van der Waals surface area contributed by atoms with Gasteiger partial charge < -0.3 is 15.0 Å². The minimum absolute atomic E-state index is 0.0289. The normalized spacial score (nSPS) is 13.2. The fourth-order valence-corrected chi connectivity index (χ4v) is 2.78. The quantitative estimate of drug-likeness (QED) is 0.926. The molecule has 1 N–H and O–H groups in total. The van der Waals surface area contributed by atoms with Crippen LogP contribution >= 0.6 is 11.6 Å². The van der Waals surface area contributed by atoms with Crippen molar-refractivity contribution in [2.24, 2.45) is 0 Å². The molecule has 3 rings (SSSR count). The average Bonchev–Trinajstić information content (AvgIpc) is 2.57. The van der Waals surface area contributed by atoms with Crippen LogP contribution in [0, 0.1) is 0 Å². The van der Waals surface area contributed by atoms with Crippen LogP contribution in [0.15, 0.2) is 42.5 Å². The van der Waals surface area contributed by atoms with Gasteiger partial charge in [-0.3, -0.25) is 9.59 Å². The predicted octanol–water partition coefficient (Wildman–Crippen LogP) is 3.27. The van der Waals surface area contributed by atoms with E-state index in [0.717, 1.165) is 5.56 Å². The number of nitrogens with zero attached hydrogens (tertiary/aromatic N) is 1. The summed E-state index contributed by atoms with van der Waals surface area (Å²) in [5.41, 5.74) is 2.23. The van der Waals surface area contributed by atoms with Crippen LogP contribution in [0.3, 0.4) is 0 Å². The highest BCUT2D eigenvalue weighted by Gasteiger charge is 2.24. The molecule has 0 aromatic heterocycles. The Labute approximate surface area is 145 Å². The Morgan fingerprint density at radius 2 is 2.08 bits per heavy atom. The van der Waals surface area contributed by atoms with Gasteiger partial charge in [0, 0.05) is 18.5 Å². The lowest BCUT2D eigenvalue weighted by Crippen LogP contribution is -2.35. The maximum atomic E-state index is 12.2. The first-order valence-corrected chi connectivity index (χ1v) is 7.99. The van der Waals surface area contributed by atoms with Crippen LogP contribution in [-0.4, -0.2) is 25.5 Å². The number of halogens is 1. The number of fused-ring (bicyclic) bond motifs is 1. The number of carbonyl (C=O) groups is 2. The number of aryl methyl sites for hydroxylation is 1. The molecule has 2 aromatic rings. The molecule has 124 valence electrons. The summed E-state index contributed by atoms with van der Waals surface area (Å²) in [4.78, 5) is 25.4. The van der Waals surface area contributed by atoms with Gasteiger partial charge in [-0.15, -0.1) is 0 Å². The van der Waals surface area contributed by atoms with E-state index in [0.29, 0.717) is 35.0 Å². The summed E-state index contributed by atoms with van der Waals surface area (Å²) in [5.74, 6) is 0.286. The number of para-hydroxylation sites is 1. The van der Waals surface area contributed by atoms with Crippen molar-refractivity contribution in [2.75, 3.05) is 23.9 Å². The van der Waals surface area contributed by atoms with Crippen LogP contribution in [-0.2, 0) is 16.0 Å². The van der Waals surface area contributed by atoms with Gasteiger partial charge in [0.25, 0.3) is 5.91 Å². The molecule has 2 amide bonds. The Morgan fingerprint density at radius 1 is 1.29 bits per heavy atom. The van der Waals surface area contributed by atoms with E-state index in [9.17, 15) is 9.59 Å². The van der Waals surface area contributed by atoms with Crippen molar-refractivity contribution in [3.8, 4) is 5.75 Å². The third-order valence-electron chi connectivity index (χ3n) is 3.87. The van der Waals surface area contributed by atoms with Gasteiger partial charge in [-0.25, -0.2) is 0 Å². The Morgan fingerprint density at radius 3 is 2.88 bits per heavy atom. The molecule has 0 fully saturated rings. The molecule has 0 spiro atoms. The molecule has 24 heavy (non-hydrogen) atoms. The SMILES string of the molecule is CN1C(=O)COc2c(NC(=O)CCc3cccc(Cl)c3)cccc21. The zero-order chi connectivity index (χ0) is 17.1. The Bertz CT molecular complexity index is 792. The molecule has 2 aromatic carbocycles. The molecule has 0 radical (unpaired) electrons. The van der Waals surface area contributed by atoms with E-state index < -0.39 is 0 Å². The summed E-state index contributed by atoms with van der Waals surface area (Å²) in [6, 6.07) is 12.8. The lowest BCUT2D eigenvalue weighted by atomic mass is 10.1. The van der Waals surface area contributed by atoms with E-state index in [-0.39, 0.29) is 18.4 Å². The average molecular weight is 345 g/mol. The molecule has 0 atom stereocenters. The van der Waals surface area contributed by atoms with Crippen molar-refractivity contribution in [1.29, 1.82) is 0 Å². The predicted molar refractivity (Wildman–Crippen MR) is 93.7 cm³/mol. The second-order valence-corrected chi connectivity index (χ2v) is 6.01. The first-order valence-electron chi connectivity index (χ1n) is 7.61. The number of rotatable bonds is 4. The minimum Gasteiger partial charge on any atom is -0.479 e. The van der Waals surface area contributed by atoms with Gasteiger partial charge in [0.2, 0.25) is 5.91 Å². The summed E-state index contributed by atoms with van der Waals surface area (Å²) in [6.07, 6.45) is 0.930. The lowest BCUT2D eigenvalue weighted by Gasteiger charge is -2.27. The number of nitrogens with one attached hydrogen (secondary N) is 1. The fraction of sp³-hybridized carbons (Fsp3) is 0.222. The number of ether oxygens (including phenoxy) is 1. The summed E-state index contributed by atoms with van der Waals surface area (Å²) in [7, 11) is 1.69. The van der Waals surface area contributed by atoms with Crippen LogP contribution in [0.25, 0.3) is 0 Å². The highest BCUT2D eigenvalue weighted by molar-refractivity contribution is 6.30. The monoisotopic (exact) mass is 344 g/mol. The second-order valence-electron chi connectivity index (χ2n) is 5.57. The van der Waals surface area contributed by atoms with Gasteiger partial charge in [0.15, 0.2) is 12.4 Å². The third kappa shape index (κ3) is 3.51. The minimum atomic E-state index is -0.119. The number of hydrogen-bond acceptors (Lipinski definition) is 3. The smallest absolute Gasteiger partial charge is 0.264 e. The molecule has 6 heteroatoms. The Hall–Kier alpha value is -2.53. The largest absolute Gasteiger partial charge is 0.479 e. The standard InChI is InChI=1S/C18H17ClN2O3/c1-21-15-7-3-6-14(18(15)24-11-17(21)23)20-16(22)9-8-12-4-2-5-13(19)10-12/h2-7,10H,8-9,11H2,1H3,(H,20,22). The molecule has 0 saturated carbocycles. The van der Waals surface area contributed by atoms with E-state index in [2.05, 4.69) is 5.32 Å².